The number of aryl methyl sites for hydroxylation is 1. The van der Waals surface area contributed by atoms with Crippen LogP contribution in [-0.2, 0) is 4.79 Å². The molecule has 0 aromatic heterocycles. The van der Waals surface area contributed by atoms with Gasteiger partial charge in [0.25, 0.3) is 5.91 Å². The van der Waals surface area contributed by atoms with Gasteiger partial charge in [-0.3, -0.25) is 20.4 Å². The second-order valence-electron chi connectivity index (χ2n) is 5.62. The molecule has 2 amide bonds. The van der Waals surface area contributed by atoms with Gasteiger partial charge in [-0.1, -0.05) is 23.7 Å². The van der Waals surface area contributed by atoms with Crippen molar-refractivity contribution in [2.75, 3.05) is 13.7 Å². The van der Waals surface area contributed by atoms with Gasteiger partial charge in [-0.05, 0) is 49.2 Å². The topological polar surface area (TPSA) is 76.7 Å². The summed E-state index contributed by atoms with van der Waals surface area (Å²) in [5, 5.41) is 0.455. The highest BCUT2D eigenvalue weighted by atomic mass is 35.5. The van der Waals surface area contributed by atoms with Crippen molar-refractivity contribution in [3.05, 3.63) is 58.6 Å². The van der Waals surface area contributed by atoms with Gasteiger partial charge in [0, 0.05) is 11.4 Å². The summed E-state index contributed by atoms with van der Waals surface area (Å²) >= 11 is 5.86. The lowest BCUT2D eigenvalue weighted by molar-refractivity contribution is -0.122. The Morgan fingerprint density at radius 2 is 1.92 bits per heavy atom. The van der Waals surface area contributed by atoms with E-state index in [1.165, 1.54) is 19.2 Å². The molecule has 0 heterocycles. The molecule has 0 bridgehead atoms. The highest BCUT2D eigenvalue weighted by Crippen LogP contribution is 2.22. The van der Waals surface area contributed by atoms with Gasteiger partial charge < -0.3 is 9.47 Å². The number of ether oxygens (including phenoxy) is 2. The van der Waals surface area contributed by atoms with Crippen molar-refractivity contribution in [2.45, 2.75) is 19.8 Å². The van der Waals surface area contributed by atoms with Crippen molar-refractivity contribution in [1.82, 2.24) is 10.9 Å². The fourth-order valence-electron chi connectivity index (χ4n) is 2.24. The Morgan fingerprint density at radius 1 is 1.12 bits per heavy atom. The van der Waals surface area contributed by atoms with Crippen molar-refractivity contribution < 1.29 is 19.1 Å². The molecule has 0 saturated carbocycles. The van der Waals surface area contributed by atoms with Crippen molar-refractivity contribution >= 4 is 23.4 Å². The molecule has 0 spiro atoms. The lowest BCUT2D eigenvalue weighted by Crippen LogP contribution is -2.41. The molecule has 0 saturated heterocycles. The Kier molecular flexibility index (Phi) is 7.29. The number of benzene rings is 2. The minimum atomic E-state index is -0.483. The second-order valence-corrected chi connectivity index (χ2v) is 6.05. The van der Waals surface area contributed by atoms with Gasteiger partial charge >= 0.3 is 0 Å². The normalized spacial score (nSPS) is 10.1. The smallest absolute Gasteiger partial charge is 0.273 e. The summed E-state index contributed by atoms with van der Waals surface area (Å²) < 4.78 is 10.7. The van der Waals surface area contributed by atoms with E-state index in [-0.39, 0.29) is 17.9 Å². The summed E-state index contributed by atoms with van der Waals surface area (Å²) in [4.78, 5) is 23.9. The number of hydrogen-bond donors (Lipinski definition) is 2. The zero-order chi connectivity index (χ0) is 18.9. The number of halogens is 1. The molecule has 0 aliphatic carbocycles. The number of carbonyl (C=O) groups excluding carboxylic acids is 2. The van der Waals surface area contributed by atoms with Crippen LogP contribution in [0, 0.1) is 6.92 Å². The molecule has 0 unspecified atom stereocenters. The molecule has 26 heavy (non-hydrogen) atoms. The molecule has 2 aromatic rings. The standard InChI is InChI=1S/C19H21ClN2O4/c1-13-5-3-6-15(11-13)26-10-4-7-18(23)21-22-19(24)16-9-8-14(20)12-17(16)25-2/h3,5-6,8-9,11-12H,4,7,10H2,1-2H3,(H,21,23)(H,22,24). The van der Waals surface area contributed by atoms with Crippen LogP contribution in [0.5, 0.6) is 11.5 Å². The zero-order valence-corrected chi connectivity index (χ0v) is 15.4. The third-order valence-corrected chi connectivity index (χ3v) is 3.77. The van der Waals surface area contributed by atoms with E-state index in [2.05, 4.69) is 10.9 Å². The summed E-state index contributed by atoms with van der Waals surface area (Å²) in [6.07, 6.45) is 0.754. The van der Waals surface area contributed by atoms with Crippen LogP contribution in [0.4, 0.5) is 0 Å². The van der Waals surface area contributed by atoms with E-state index >= 15 is 0 Å². The maximum absolute atomic E-state index is 12.1. The summed E-state index contributed by atoms with van der Waals surface area (Å²) in [5.74, 6) is 0.311. The number of rotatable bonds is 7. The van der Waals surface area contributed by atoms with Crippen LogP contribution in [0.15, 0.2) is 42.5 Å². The Bertz CT molecular complexity index is 780. The summed E-state index contributed by atoms with van der Waals surface area (Å²) in [5.41, 5.74) is 6.12. The lowest BCUT2D eigenvalue weighted by Gasteiger charge is -2.11. The van der Waals surface area contributed by atoms with E-state index in [1.807, 2.05) is 31.2 Å². The molecule has 0 aliphatic heterocycles. The molecule has 138 valence electrons. The van der Waals surface area contributed by atoms with Crippen LogP contribution >= 0.6 is 11.6 Å². The zero-order valence-electron chi connectivity index (χ0n) is 14.7. The summed E-state index contributed by atoms with van der Waals surface area (Å²) in [6.45, 7) is 2.40. The molecule has 2 N–H and O–H groups in total. The monoisotopic (exact) mass is 376 g/mol. The molecule has 7 heteroatoms. The Hall–Kier alpha value is -2.73. The first kappa shape index (κ1) is 19.6. The van der Waals surface area contributed by atoms with Gasteiger partial charge in [-0.25, -0.2) is 0 Å². The first-order chi connectivity index (χ1) is 12.5. The minimum Gasteiger partial charge on any atom is -0.496 e. The van der Waals surface area contributed by atoms with Gasteiger partial charge in [0.15, 0.2) is 0 Å². The molecule has 0 radical (unpaired) electrons. The van der Waals surface area contributed by atoms with Crippen LogP contribution in [0.3, 0.4) is 0 Å². The summed E-state index contributed by atoms with van der Waals surface area (Å²) in [6, 6.07) is 12.3. The molecule has 0 atom stereocenters. The second kappa shape index (κ2) is 9.68. The van der Waals surface area contributed by atoms with Crippen LogP contribution in [0.1, 0.15) is 28.8 Å². The van der Waals surface area contributed by atoms with E-state index < -0.39 is 5.91 Å². The Balaban J connectivity index is 1.72. The quantitative estimate of drug-likeness (QED) is 0.574. The van der Waals surface area contributed by atoms with Crippen LogP contribution in [0.2, 0.25) is 5.02 Å². The average molecular weight is 377 g/mol. The van der Waals surface area contributed by atoms with Crippen LogP contribution in [0.25, 0.3) is 0 Å². The predicted octanol–water partition coefficient (Wildman–Crippen LogP) is 3.28. The number of hydrazine groups is 1. The first-order valence-electron chi connectivity index (χ1n) is 8.12. The van der Waals surface area contributed by atoms with Crippen molar-refractivity contribution in [1.29, 1.82) is 0 Å². The fraction of sp³-hybridized carbons (Fsp3) is 0.263. The maximum Gasteiger partial charge on any atom is 0.273 e. The SMILES string of the molecule is COc1cc(Cl)ccc1C(=O)NNC(=O)CCCOc1cccc(C)c1. The number of methoxy groups -OCH3 is 1. The van der Waals surface area contributed by atoms with Crippen molar-refractivity contribution in [3.63, 3.8) is 0 Å². The number of nitrogens with one attached hydrogen (secondary N) is 2. The molecule has 0 aliphatic rings. The fourth-order valence-corrected chi connectivity index (χ4v) is 2.40. The Labute approximate surface area is 157 Å². The van der Waals surface area contributed by atoms with Crippen LogP contribution < -0.4 is 20.3 Å². The van der Waals surface area contributed by atoms with Crippen molar-refractivity contribution in [3.8, 4) is 11.5 Å². The third-order valence-electron chi connectivity index (χ3n) is 3.53. The molecular weight excluding hydrogens is 356 g/mol. The van der Waals surface area contributed by atoms with Gasteiger partial charge in [0.2, 0.25) is 5.91 Å². The van der Waals surface area contributed by atoms with Gasteiger partial charge in [0.05, 0.1) is 19.3 Å². The van der Waals surface area contributed by atoms with E-state index in [9.17, 15) is 9.59 Å². The van der Waals surface area contributed by atoms with Gasteiger partial charge in [-0.2, -0.15) is 0 Å². The highest BCUT2D eigenvalue weighted by Gasteiger charge is 2.13. The summed E-state index contributed by atoms with van der Waals surface area (Å²) in [7, 11) is 1.44. The molecule has 2 aromatic carbocycles. The lowest BCUT2D eigenvalue weighted by atomic mass is 10.2. The molecule has 0 fully saturated rings. The maximum atomic E-state index is 12.1. The van der Waals surface area contributed by atoms with E-state index in [1.54, 1.807) is 6.07 Å². The van der Waals surface area contributed by atoms with E-state index in [4.69, 9.17) is 21.1 Å². The minimum absolute atomic E-state index is 0.226. The number of amides is 2. The van der Waals surface area contributed by atoms with Crippen molar-refractivity contribution in [2.24, 2.45) is 0 Å². The molecule has 6 nitrogen and oxygen atoms in total. The first-order valence-corrected chi connectivity index (χ1v) is 8.49. The molecule has 2 rings (SSSR count). The van der Waals surface area contributed by atoms with Crippen LogP contribution in [-0.4, -0.2) is 25.5 Å². The van der Waals surface area contributed by atoms with Gasteiger partial charge in [-0.15, -0.1) is 0 Å². The van der Waals surface area contributed by atoms with E-state index in [0.717, 1.165) is 11.3 Å². The predicted molar refractivity (Wildman–Crippen MR) is 99.5 cm³/mol. The van der Waals surface area contributed by atoms with Gasteiger partial charge in [0.1, 0.15) is 11.5 Å². The Morgan fingerprint density at radius 3 is 2.65 bits per heavy atom. The third kappa shape index (κ3) is 5.97. The number of carbonyl (C=O) groups is 2. The highest BCUT2D eigenvalue weighted by molar-refractivity contribution is 6.30. The van der Waals surface area contributed by atoms with E-state index in [0.29, 0.717) is 23.8 Å². The largest absolute Gasteiger partial charge is 0.496 e. The number of hydrogen-bond acceptors (Lipinski definition) is 4. The molecular formula is C19H21ClN2O4. The average Bonchev–Trinajstić information content (AvgIpc) is 2.63.